The van der Waals surface area contributed by atoms with Crippen molar-refractivity contribution in [1.82, 2.24) is 10.5 Å². The van der Waals surface area contributed by atoms with Gasteiger partial charge in [-0.05, 0) is 26.3 Å². The van der Waals surface area contributed by atoms with E-state index in [4.69, 9.17) is 4.52 Å². The first-order valence-electron chi connectivity index (χ1n) is 6.18. The number of anilines is 1. The molecule has 0 aromatic carbocycles. The fourth-order valence-electron chi connectivity index (χ4n) is 1.79. The van der Waals surface area contributed by atoms with Gasteiger partial charge in [0.1, 0.15) is 16.5 Å². The summed E-state index contributed by atoms with van der Waals surface area (Å²) < 4.78 is 4.89. The Morgan fingerprint density at radius 2 is 2.10 bits per heavy atom. The Bertz CT molecular complexity index is 690. The van der Waals surface area contributed by atoms with Crippen LogP contribution >= 0.6 is 11.3 Å². The van der Waals surface area contributed by atoms with E-state index in [9.17, 15) is 14.7 Å². The maximum atomic E-state index is 11.8. The molecule has 0 spiro atoms. The number of carbonyl (C=O) groups excluding carboxylic acids is 1. The maximum absolute atomic E-state index is 11.8. The number of hydrogen-bond acceptors (Lipinski definition) is 5. The van der Waals surface area contributed by atoms with E-state index in [0.717, 1.165) is 4.88 Å². The molecule has 2 amide bonds. The van der Waals surface area contributed by atoms with Gasteiger partial charge in [-0.2, -0.15) is 0 Å². The second-order valence-corrected chi connectivity index (χ2v) is 5.75. The van der Waals surface area contributed by atoms with Gasteiger partial charge in [0.2, 0.25) is 0 Å². The lowest BCUT2D eigenvalue weighted by Crippen LogP contribution is -2.28. The molecule has 0 fully saturated rings. The fourth-order valence-corrected chi connectivity index (χ4v) is 2.84. The molecule has 8 heteroatoms. The highest BCUT2D eigenvalue weighted by Crippen LogP contribution is 2.32. The molecule has 0 aliphatic carbocycles. The van der Waals surface area contributed by atoms with Gasteiger partial charge in [0.15, 0.2) is 0 Å². The van der Waals surface area contributed by atoms with Gasteiger partial charge in [0, 0.05) is 10.9 Å². The van der Waals surface area contributed by atoms with Gasteiger partial charge >= 0.3 is 12.0 Å². The molecule has 112 valence electrons. The minimum absolute atomic E-state index is 0.130. The summed E-state index contributed by atoms with van der Waals surface area (Å²) in [6, 6.07) is 1.22. The van der Waals surface area contributed by atoms with Crippen molar-refractivity contribution in [2.24, 2.45) is 0 Å². The Morgan fingerprint density at radius 3 is 2.67 bits per heavy atom. The standard InChI is InChI=1S/C13H15N3O4S/c1-6-4-9(16-20-6)5-14-13(19)15-11-10(12(17)18)7(2)8(3)21-11/h4H,5H2,1-3H3,(H,17,18)(H2,14,15,19). The van der Waals surface area contributed by atoms with Crippen LogP contribution in [-0.2, 0) is 6.54 Å². The largest absolute Gasteiger partial charge is 0.478 e. The first kappa shape index (κ1) is 15.0. The lowest BCUT2D eigenvalue weighted by atomic mass is 10.1. The molecule has 0 atom stereocenters. The van der Waals surface area contributed by atoms with E-state index >= 15 is 0 Å². The third-order valence-corrected chi connectivity index (χ3v) is 4.06. The SMILES string of the molecule is Cc1cc(CNC(=O)Nc2sc(C)c(C)c2C(=O)O)no1. The molecule has 2 rings (SSSR count). The van der Waals surface area contributed by atoms with Gasteiger partial charge in [0.05, 0.1) is 12.1 Å². The minimum Gasteiger partial charge on any atom is -0.478 e. The van der Waals surface area contributed by atoms with Crippen molar-refractivity contribution >= 4 is 28.3 Å². The van der Waals surface area contributed by atoms with Crippen molar-refractivity contribution in [2.45, 2.75) is 27.3 Å². The van der Waals surface area contributed by atoms with Crippen molar-refractivity contribution in [3.05, 3.63) is 33.5 Å². The summed E-state index contributed by atoms with van der Waals surface area (Å²) in [5.74, 6) is -0.399. The number of carboxylic acid groups (broad SMARTS) is 1. The van der Waals surface area contributed by atoms with Gasteiger partial charge in [-0.15, -0.1) is 11.3 Å². The minimum atomic E-state index is -1.06. The number of amides is 2. The molecule has 2 heterocycles. The van der Waals surface area contributed by atoms with Crippen molar-refractivity contribution in [3.63, 3.8) is 0 Å². The van der Waals surface area contributed by atoms with E-state index < -0.39 is 12.0 Å². The maximum Gasteiger partial charge on any atom is 0.338 e. The molecule has 2 aromatic rings. The van der Waals surface area contributed by atoms with E-state index in [-0.39, 0.29) is 12.1 Å². The summed E-state index contributed by atoms with van der Waals surface area (Å²) in [7, 11) is 0. The molecule has 3 N–H and O–H groups in total. The first-order valence-corrected chi connectivity index (χ1v) is 7.00. The van der Waals surface area contributed by atoms with Crippen LogP contribution in [0.5, 0.6) is 0 Å². The van der Waals surface area contributed by atoms with E-state index in [1.54, 1.807) is 19.9 Å². The molecule has 7 nitrogen and oxygen atoms in total. The summed E-state index contributed by atoms with van der Waals surface area (Å²) >= 11 is 1.24. The Labute approximate surface area is 125 Å². The van der Waals surface area contributed by atoms with E-state index in [1.807, 2.05) is 6.92 Å². The second-order valence-electron chi connectivity index (χ2n) is 4.53. The Balaban J connectivity index is 2.03. The van der Waals surface area contributed by atoms with Crippen molar-refractivity contribution < 1.29 is 19.2 Å². The lowest BCUT2D eigenvalue weighted by Gasteiger charge is -2.05. The quantitative estimate of drug-likeness (QED) is 0.805. The van der Waals surface area contributed by atoms with Crippen molar-refractivity contribution in [1.29, 1.82) is 0 Å². The van der Waals surface area contributed by atoms with Crippen LogP contribution in [-0.4, -0.2) is 22.3 Å². The summed E-state index contributed by atoms with van der Waals surface area (Å²) in [4.78, 5) is 23.9. The third-order valence-electron chi connectivity index (χ3n) is 2.93. The number of aromatic nitrogens is 1. The van der Waals surface area contributed by atoms with E-state index in [2.05, 4.69) is 15.8 Å². The molecule has 0 saturated carbocycles. The lowest BCUT2D eigenvalue weighted by molar-refractivity contribution is 0.0697. The number of carboxylic acids is 1. The van der Waals surface area contributed by atoms with Crippen molar-refractivity contribution in [2.75, 3.05) is 5.32 Å². The van der Waals surface area contributed by atoms with Crippen LogP contribution < -0.4 is 10.6 Å². The number of nitrogens with zero attached hydrogens (tertiary/aromatic N) is 1. The van der Waals surface area contributed by atoms with Crippen LogP contribution in [0.1, 0.15) is 32.3 Å². The number of thiophene rings is 1. The molecule has 0 bridgehead atoms. The molecule has 21 heavy (non-hydrogen) atoms. The molecule has 0 saturated heterocycles. The highest BCUT2D eigenvalue weighted by molar-refractivity contribution is 7.16. The molecule has 0 aliphatic heterocycles. The summed E-state index contributed by atoms with van der Waals surface area (Å²) in [6.07, 6.45) is 0. The molecular weight excluding hydrogens is 294 g/mol. The fraction of sp³-hybridized carbons (Fsp3) is 0.308. The van der Waals surface area contributed by atoms with Crippen LogP contribution in [0.4, 0.5) is 9.80 Å². The van der Waals surface area contributed by atoms with Crippen LogP contribution in [0.3, 0.4) is 0 Å². The predicted octanol–water partition coefficient (Wildman–Crippen LogP) is 2.68. The summed E-state index contributed by atoms with van der Waals surface area (Å²) in [5, 5.41) is 18.4. The number of rotatable bonds is 4. The zero-order valence-corrected chi connectivity index (χ0v) is 12.6. The Morgan fingerprint density at radius 1 is 1.38 bits per heavy atom. The zero-order valence-electron chi connectivity index (χ0n) is 11.8. The number of aryl methyl sites for hydroxylation is 2. The normalized spacial score (nSPS) is 10.4. The van der Waals surface area contributed by atoms with Gasteiger partial charge in [-0.25, -0.2) is 9.59 Å². The highest BCUT2D eigenvalue weighted by Gasteiger charge is 2.20. The predicted molar refractivity (Wildman–Crippen MR) is 77.9 cm³/mol. The number of urea groups is 1. The monoisotopic (exact) mass is 309 g/mol. The van der Waals surface area contributed by atoms with Gasteiger partial charge in [-0.1, -0.05) is 5.16 Å². The van der Waals surface area contributed by atoms with Crippen LogP contribution in [0.2, 0.25) is 0 Å². The topological polar surface area (TPSA) is 104 Å². The zero-order chi connectivity index (χ0) is 15.6. The third kappa shape index (κ3) is 3.40. The summed E-state index contributed by atoms with van der Waals surface area (Å²) in [6.45, 7) is 5.49. The van der Waals surface area contributed by atoms with Crippen LogP contribution in [0.15, 0.2) is 10.6 Å². The summed E-state index contributed by atoms with van der Waals surface area (Å²) in [5.41, 5.74) is 1.39. The van der Waals surface area contributed by atoms with Crippen LogP contribution in [0, 0.1) is 20.8 Å². The highest BCUT2D eigenvalue weighted by atomic mass is 32.1. The van der Waals surface area contributed by atoms with E-state index in [1.165, 1.54) is 11.3 Å². The van der Waals surface area contributed by atoms with Gasteiger partial charge in [0.25, 0.3) is 0 Å². The number of carbonyl (C=O) groups is 2. The number of nitrogens with one attached hydrogen (secondary N) is 2. The molecular formula is C13H15N3O4S. The molecule has 0 radical (unpaired) electrons. The average molecular weight is 309 g/mol. The molecule has 2 aromatic heterocycles. The van der Waals surface area contributed by atoms with Gasteiger partial charge < -0.3 is 14.9 Å². The van der Waals surface area contributed by atoms with Gasteiger partial charge in [-0.3, -0.25) is 5.32 Å². The Hall–Kier alpha value is -2.35. The second kappa shape index (κ2) is 5.96. The first-order chi connectivity index (χ1) is 9.88. The molecule has 0 unspecified atom stereocenters. The molecule has 0 aliphatic rings. The smallest absolute Gasteiger partial charge is 0.338 e. The van der Waals surface area contributed by atoms with Crippen molar-refractivity contribution in [3.8, 4) is 0 Å². The number of hydrogen-bond donors (Lipinski definition) is 3. The van der Waals surface area contributed by atoms with E-state index in [0.29, 0.717) is 22.0 Å². The van der Waals surface area contributed by atoms with Crippen LogP contribution in [0.25, 0.3) is 0 Å². The Kier molecular flexibility index (Phi) is 4.27. The number of aromatic carboxylic acids is 1. The average Bonchev–Trinajstić information content (AvgIpc) is 2.92.